The number of aliphatic hydroxyl groups is 1. The third kappa shape index (κ3) is 3.42. The quantitative estimate of drug-likeness (QED) is 0.603. The largest absolute Gasteiger partial charge is 0.391 e. The number of nitrogens with one attached hydrogen (secondary N) is 1. The Bertz CT molecular complexity index is 1200. The molecular weight excluding hydrogens is 376 g/mol. The molecule has 10 heteroatoms. The molecule has 10 nitrogen and oxygen atoms in total. The predicted octanol–water partition coefficient (Wildman–Crippen LogP) is -0.604. The molecule has 4 rings (SSSR count). The summed E-state index contributed by atoms with van der Waals surface area (Å²) >= 11 is 0. The minimum absolute atomic E-state index is 0.0644. The fraction of sp³-hybridized carbons (Fsp3) is 0.368. The van der Waals surface area contributed by atoms with Crippen molar-refractivity contribution in [3.63, 3.8) is 0 Å². The number of carbonyl (C=O) groups is 1. The summed E-state index contributed by atoms with van der Waals surface area (Å²) in [6.07, 6.45) is 4.58. The number of amides is 1. The number of likely N-dealkylation sites (tertiary alicyclic amines) is 1. The molecule has 1 aliphatic heterocycles. The molecule has 0 aliphatic carbocycles. The topological polar surface area (TPSA) is 134 Å². The number of aliphatic hydroxyl groups excluding tert-OH is 1. The number of carbonyl (C=O) groups excluding carboxylic acids is 1. The van der Waals surface area contributed by atoms with Crippen molar-refractivity contribution in [1.29, 1.82) is 0 Å². The van der Waals surface area contributed by atoms with Crippen LogP contribution in [-0.4, -0.2) is 59.6 Å². The van der Waals surface area contributed by atoms with E-state index >= 15 is 0 Å². The molecule has 2 N–H and O–H groups in total. The Morgan fingerprint density at radius 1 is 1.31 bits per heavy atom. The van der Waals surface area contributed by atoms with Crippen LogP contribution in [0.15, 0.2) is 34.2 Å². The van der Waals surface area contributed by atoms with Gasteiger partial charge in [-0.25, -0.2) is 9.78 Å². The number of hydrogen-bond donors (Lipinski definition) is 2. The molecule has 1 fully saturated rings. The second-order valence-corrected chi connectivity index (χ2v) is 7.27. The zero-order chi connectivity index (χ0) is 20.7. The van der Waals surface area contributed by atoms with E-state index in [9.17, 15) is 19.5 Å². The van der Waals surface area contributed by atoms with Crippen LogP contribution in [0.1, 0.15) is 21.7 Å². The molecule has 0 unspecified atom stereocenters. The van der Waals surface area contributed by atoms with Gasteiger partial charge in [-0.3, -0.25) is 29.1 Å². The van der Waals surface area contributed by atoms with E-state index in [1.54, 1.807) is 25.5 Å². The number of nitrogens with zero attached hydrogens (tertiary/aromatic N) is 5. The molecule has 1 saturated heterocycles. The number of aromatic nitrogens is 5. The molecule has 150 valence electrons. The van der Waals surface area contributed by atoms with Crippen molar-refractivity contribution in [2.45, 2.75) is 19.4 Å². The fourth-order valence-electron chi connectivity index (χ4n) is 3.73. The van der Waals surface area contributed by atoms with E-state index < -0.39 is 17.4 Å². The lowest BCUT2D eigenvalue weighted by Gasteiger charge is -2.18. The number of rotatable bonds is 3. The van der Waals surface area contributed by atoms with Crippen LogP contribution in [0.3, 0.4) is 0 Å². The zero-order valence-corrected chi connectivity index (χ0v) is 16.0. The van der Waals surface area contributed by atoms with Crippen LogP contribution in [0.4, 0.5) is 0 Å². The van der Waals surface area contributed by atoms with Crippen molar-refractivity contribution in [3.05, 3.63) is 62.4 Å². The highest BCUT2D eigenvalue weighted by atomic mass is 16.3. The van der Waals surface area contributed by atoms with Crippen molar-refractivity contribution in [2.24, 2.45) is 13.0 Å². The lowest BCUT2D eigenvalue weighted by atomic mass is 10.0. The molecule has 4 heterocycles. The van der Waals surface area contributed by atoms with Gasteiger partial charge in [0, 0.05) is 50.3 Å². The van der Waals surface area contributed by atoms with Crippen LogP contribution in [0.2, 0.25) is 0 Å². The second-order valence-electron chi connectivity index (χ2n) is 7.27. The number of aryl methyl sites for hydroxylation is 2. The molecule has 3 aromatic rings. The van der Waals surface area contributed by atoms with Gasteiger partial charge in [0.2, 0.25) is 0 Å². The van der Waals surface area contributed by atoms with E-state index in [1.165, 1.54) is 22.6 Å². The lowest BCUT2D eigenvalue weighted by Crippen LogP contribution is -2.34. The molecule has 1 amide bonds. The van der Waals surface area contributed by atoms with Gasteiger partial charge in [0.05, 0.1) is 22.7 Å². The summed E-state index contributed by atoms with van der Waals surface area (Å²) in [5.41, 5.74) is 0.309. The van der Waals surface area contributed by atoms with E-state index in [0.29, 0.717) is 18.7 Å². The van der Waals surface area contributed by atoms with Crippen LogP contribution in [0, 0.1) is 12.8 Å². The average Bonchev–Trinajstić information content (AvgIpc) is 3.06. The Labute approximate surface area is 164 Å². The summed E-state index contributed by atoms with van der Waals surface area (Å²) in [7, 11) is 1.48. The van der Waals surface area contributed by atoms with Crippen LogP contribution in [-0.2, 0) is 13.5 Å². The van der Waals surface area contributed by atoms with Crippen molar-refractivity contribution in [1.82, 2.24) is 29.4 Å². The smallest absolute Gasteiger partial charge is 0.329 e. The molecular formula is C19H20N6O4. The van der Waals surface area contributed by atoms with Gasteiger partial charge in [-0.15, -0.1) is 0 Å². The molecule has 3 aromatic heterocycles. The average molecular weight is 396 g/mol. The molecule has 0 aromatic carbocycles. The Hall–Kier alpha value is -3.40. The van der Waals surface area contributed by atoms with Crippen LogP contribution in [0.25, 0.3) is 11.0 Å². The Balaban J connectivity index is 1.69. The highest BCUT2D eigenvalue weighted by Crippen LogP contribution is 2.24. The molecule has 2 atom stereocenters. The fourth-order valence-corrected chi connectivity index (χ4v) is 3.73. The first-order valence-corrected chi connectivity index (χ1v) is 9.18. The van der Waals surface area contributed by atoms with Gasteiger partial charge in [-0.05, 0) is 19.4 Å². The maximum Gasteiger partial charge on any atom is 0.329 e. The first-order valence-electron chi connectivity index (χ1n) is 9.18. The number of H-pyrrole nitrogens is 1. The monoisotopic (exact) mass is 396 g/mol. The zero-order valence-electron chi connectivity index (χ0n) is 16.0. The van der Waals surface area contributed by atoms with E-state index in [-0.39, 0.29) is 35.0 Å². The van der Waals surface area contributed by atoms with Gasteiger partial charge in [0.1, 0.15) is 5.65 Å². The summed E-state index contributed by atoms with van der Waals surface area (Å²) in [6.45, 7) is 2.16. The molecule has 0 radical (unpaired) electrons. The third-order valence-electron chi connectivity index (χ3n) is 5.21. The van der Waals surface area contributed by atoms with Crippen LogP contribution in [0.5, 0.6) is 0 Å². The Morgan fingerprint density at radius 3 is 2.83 bits per heavy atom. The van der Waals surface area contributed by atoms with Crippen LogP contribution >= 0.6 is 0 Å². The first kappa shape index (κ1) is 18.9. The molecule has 1 aliphatic rings. The van der Waals surface area contributed by atoms with E-state index in [2.05, 4.69) is 19.9 Å². The maximum absolute atomic E-state index is 13.2. The van der Waals surface area contributed by atoms with Crippen molar-refractivity contribution < 1.29 is 9.90 Å². The van der Waals surface area contributed by atoms with Crippen LogP contribution < -0.4 is 11.2 Å². The van der Waals surface area contributed by atoms with E-state index in [0.717, 1.165) is 5.69 Å². The summed E-state index contributed by atoms with van der Waals surface area (Å²) < 4.78 is 1.20. The summed E-state index contributed by atoms with van der Waals surface area (Å²) in [6, 6.07) is 1.53. The predicted molar refractivity (Wildman–Crippen MR) is 103 cm³/mol. The Kier molecular flexibility index (Phi) is 4.71. The van der Waals surface area contributed by atoms with Crippen molar-refractivity contribution >= 4 is 16.9 Å². The highest BCUT2D eigenvalue weighted by molar-refractivity contribution is 6.05. The van der Waals surface area contributed by atoms with Gasteiger partial charge in [0.25, 0.3) is 11.5 Å². The minimum Gasteiger partial charge on any atom is -0.391 e. The molecule has 0 bridgehead atoms. The minimum atomic E-state index is -0.710. The van der Waals surface area contributed by atoms with Crippen molar-refractivity contribution in [2.75, 3.05) is 13.1 Å². The third-order valence-corrected chi connectivity index (χ3v) is 5.21. The molecule has 29 heavy (non-hydrogen) atoms. The van der Waals surface area contributed by atoms with Gasteiger partial charge < -0.3 is 10.0 Å². The van der Waals surface area contributed by atoms with E-state index in [4.69, 9.17) is 0 Å². The lowest BCUT2D eigenvalue weighted by molar-refractivity contribution is 0.0766. The number of hydrogen-bond acceptors (Lipinski definition) is 7. The summed E-state index contributed by atoms with van der Waals surface area (Å²) in [4.78, 5) is 53.8. The molecule has 0 saturated carbocycles. The molecule has 0 spiro atoms. The number of β-amino-alcohol motifs (C(OH)–C–C–N with tert-alkyl or cyclic N) is 1. The summed E-state index contributed by atoms with van der Waals surface area (Å²) in [5.74, 6) is -0.571. The first-order chi connectivity index (χ1) is 13.8. The summed E-state index contributed by atoms with van der Waals surface area (Å²) in [5, 5.41) is 10.5. The van der Waals surface area contributed by atoms with Crippen molar-refractivity contribution in [3.8, 4) is 0 Å². The maximum atomic E-state index is 13.2. The number of aromatic amines is 1. The Morgan fingerprint density at radius 2 is 2.10 bits per heavy atom. The van der Waals surface area contributed by atoms with Gasteiger partial charge >= 0.3 is 5.69 Å². The highest BCUT2D eigenvalue weighted by Gasteiger charge is 2.35. The van der Waals surface area contributed by atoms with Gasteiger partial charge in [-0.2, -0.15) is 0 Å². The standard InChI is InChI=1S/C19H20N6O4/c1-10-5-13(15-16(22-10)24(2)19(29)23-17(15)27)18(28)25-8-11(14(26)9-25)6-12-7-20-3-4-21-12/h3-5,7,11,14,26H,6,8-9H2,1-2H3,(H,23,27,29)/t11-,14-/m1/s1. The number of fused-ring (bicyclic) bond motifs is 1. The van der Waals surface area contributed by atoms with Gasteiger partial charge in [0.15, 0.2) is 0 Å². The normalized spacial score (nSPS) is 19.1. The van der Waals surface area contributed by atoms with E-state index in [1.807, 2.05) is 0 Å². The second kappa shape index (κ2) is 7.21. The SMILES string of the molecule is Cc1cc(C(=O)N2C[C@@H](Cc3cnccn3)[C@H](O)C2)c2c(=O)[nH]c(=O)n(C)c2n1. The number of pyridine rings is 1. The van der Waals surface area contributed by atoms with Gasteiger partial charge in [-0.1, -0.05) is 0 Å².